The van der Waals surface area contributed by atoms with Gasteiger partial charge in [-0.2, -0.15) is 0 Å². The lowest BCUT2D eigenvalue weighted by atomic mass is 9.53. The Morgan fingerprint density at radius 2 is 1.48 bits per heavy atom. The van der Waals surface area contributed by atoms with Crippen LogP contribution in [0, 0.1) is 52.3 Å². The number of carbonyl (C=O) groups is 10. The summed E-state index contributed by atoms with van der Waals surface area (Å²) in [7, 11) is 5.90. The number of piperidine rings is 1. The maximum atomic E-state index is 14.8. The number of Topliss-reactive ketones (excluding diaryl/α,β-unsaturated/α-hetero) is 4. The van der Waals surface area contributed by atoms with Gasteiger partial charge in [0.2, 0.25) is 11.6 Å². The van der Waals surface area contributed by atoms with Crippen molar-refractivity contribution in [2.75, 3.05) is 54.7 Å². The summed E-state index contributed by atoms with van der Waals surface area (Å²) >= 11 is 0. The number of ether oxygens (including phenoxy) is 10. The predicted molar refractivity (Wildman–Crippen MR) is 401 cm³/mol. The summed E-state index contributed by atoms with van der Waals surface area (Å²) in [5.41, 5.74) is -0.374. The number of hydrogen-bond acceptors (Lipinski definition) is 24. The van der Waals surface area contributed by atoms with E-state index < -0.39 is 166 Å². The molecule has 0 aromatic rings. The van der Waals surface area contributed by atoms with Crippen LogP contribution in [0.4, 0.5) is 0 Å². The topological polar surface area (TPSA) is 330 Å². The van der Waals surface area contributed by atoms with Crippen molar-refractivity contribution in [1.29, 1.82) is 0 Å². The van der Waals surface area contributed by atoms with E-state index in [0.29, 0.717) is 94.9 Å². The van der Waals surface area contributed by atoms with Crippen LogP contribution in [0.15, 0.2) is 81.9 Å². The molecule has 25 heteroatoms. The van der Waals surface area contributed by atoms with Gasteiger partial charge in [0.05, 0.1) is 35.9 Å². The van der Waals surface area contributed by atoms with Gasteiger partial charge in [-0.15, -0.1) is 0 Å². The normalized spacial score (nSPS) is 37.2. The molecule has 25 nitrogen and oxygen atoms in total. The second-order valence-corrected chi connectivity index (χ2v) is 32.4. The SMILES string of the molecule is CCN(/C=C1\C(=O)O[C@H](COC)[C@@]2(C)C1=C(O)C(=O)C1=C2[C@H](OC(C)=O)C[C@@]2(C)C1CC[C@@H]2OC(=O)CCCCC(=O)O[C@@H]1CC[C@@H](C[C@@H](C)[C@@H]2CC(=O)[C@H](C)/C=C(\C)[C@@H](O)[C@@H](OC)C(=O)[C@H](C)C[C@H](C)/C=C/C=C/C=C(\C)[C@@H](OC)C[C@@H]3CC[C@@H](C)[C@@](O)(O3)C(=O)C(=O)N3CCCC[C@H]3C(=O)O2)C[C@H]1OC)CC. The van der Waals surface area contributed by atoms with E-state index in [1.54, 1.807) is 54.0 Å². The molecule has 0 aromatic heterocycles. The van der Waals surface area contributed by atoms with E-state index in [1.807, 2.05) is 76.8 Å². The van der Waals surface area contributed by atoms with Gasteiger partial charge >= 0.3 is 29.8 Å². The Morgan fingerprint density at radius 1 is 0.780 bits per heavy atom. The van der Waals surface area contributed by atoms with E-state index in [4.69, 9.17) is 47.4 Å². The Balaban J connectivity index is 0.924. The average Bonchev–Trinajstić information content (AvgIpc) is 1.67. The highest BCUT2D eigenvalue weighted by Crippen LogP contribution is 2.64. The Labute approximate surface area is 643 Å². The molecule has 2 saturated carbocycles. The van der Waals surface area contributed by atoms with Gasteiger partial charge in [0.1, 0.15) is 54.6 Å². The zero-order valence-electron chi connectivity index (χ0n) is 67.1. The van der Waals surface area contributed by atoms with Crippen molar-refractivity contribution >= 4 is 58.9 Å². The molecule has 0 radical (unpaired) electrons. The van der Waals surface area contributed by atoms with Crippen LogP contribution in [0.1, 0.15) is 205 Å². The monoisotopic (exact) mass is 1530 g/mol. The standard InChI is InChI=1S/C84H122N2O23/c1-17-85(18-2)45-57-71-76(94)75(93)70-58-34-36-66(82(58,11)44-65(104-54(10)87)72(70)83(71,12)67(46-100-13)108-80(57)97)107-69(90)30-23-22-29-68(89)105-61-35-32-55(41-64(61)102-15)40-50(6)63-43-60(88)49(5)39-52(8)74(92)77(103-16)73(91)51(7)38-47(3)26-20-19-21-27-48(4)62(101-14)42-56-33-31-53(9)84(99,109-56)78(95)79(96)86-37-25-24-28-59(86)81(98)106-63/h19-21,26-27,39,45,47,49-51,53,55-56,58-59,61-67,74,77,92,94,99H,17-18,22-25,28-38,40-44,46H2,1-16H3/b21-19+,26-20+,48-27+,52-39+,57-45-/t47-,49-,50-,51-,53-,55+,56+,58?,59+,61-,62+,63+,64-,65-,66+,67-,74-,77+,82+,83+,84-/m1/s1. The number of amides is 1. The number of aliphatic hydroxyl groups is 3. The van der Waals surface area contributed by atoms with Crippen LogP contribution < -0.4 is 0 Å². The number of nitrogens with zero attached hydrogens (tertiary/aromatic N) is 2. The van der Waals surface area contributed by atoms with Crippen molar-refractivity contribution in [3.05, 3.63) is 81.9 Å². The summed E-state index contributed by atoms with van der Waals surface area (Å²) in [4.78, 5) is 145. The van der Waals surface area contributed by atoms with Crippen LogP contribution in [0.25, 0.3) is 0 Å². The van der Waals surface area contributed by atoms with Gasteiger partial charge in [0.25, 0.3) is 11.7 Å². The lowest BCUT2D eigenvalue weighted by Gasteiger charge is -2.54. The molecule has 0 spiro atoms. The molecule has 109 heavy (non-hydrogen) atoms. The van der Waals surface area contributed by atoms with Gasteiger partial charge in [-0.1, -0.05) is 78.0 Å². The molecule has 4 aliphatic carbocycles. The van der Waals surface area contributed by atoms with Crippen molar-refractivity contribution in [2.24, 2.45) is 52.3 Å². The maximum Gasteiger partial charge on any atom is 0.340 e. The lowest BCUT2D eigenvalue weighted by Crippen LogP contribution is -2.61. The summed E-state index contributed by atoms with van der Waals surface area (Å²) < 4.78 is 60.2. The smallest absolute Gasteiger partial charge is 0.340 e. The lowest BCUT2D eigenvalue weighted by molar-refractivity contribution is -0.265. The number of esters is 5. The van der Waals surface area contributed by atoms with Gasteiger partial charge in [-0.25, -0.2) is 9.59 Å². The van der Waals surface area contributed by atoms with Gasteiger partial charge in [0.15, 0.2) is 11.5 Å². The Bertz CT molecular complexity index is 3560. The predicted octanol–water partition coefficient (Wildman–Crippen LogP) is 10.5. The number of allylic oxidation sites excluding steroid dienone is 7. The van der Waals surface area contributed by atoms with Gasteiger partial charge < -0.3 is 72.5 Å². The van der Waals surface area contributed by atoms with Gasteiger partial charge in [-0.05, 0) is 171 Å². The number of hydrogen-bond donors (Lipinski definition) is 3. The molecular formula is C84H122N2O23. The molecule has 8 aliphatic rings. The van der Waals surface area contributed by atoms with Crippen molar-refractivity contribution in [2.45, 2.75) is 278 Å². The van der Waals surface area contributed by atoms with Gasteiger partial charge in [-0.3, -0.25) is 38.4 Å². The molecule has 1 unspecified atom stereocenters. The maximum absolute atomic E-state index is 14.8. The minimum atomic E-state index is -2.51. The summed E-state index contributed by atoms with van der Waals surface area (Å²) in [6.07, 6.45) is 9.57. The minimum Gasteiger partial charge on any atom is -0.504 e. The van der Waals surface area contributed by atoms with E-state index in [9.17, 15) is 63.3 Å². The van der Waals surface area contributed by atoms with Crippen LogP contribution in [-0.2, 0) is 95.3 Å². The Hall–Kier alpha value is -7.00. The fraction of sp³-hybridized carbons (Fsp3) is 0.714. The van der Waals surface area contributed by atoms with E-state index >= 15 is 0 Å². The number of ketones is 4. The highest BCUT2D eigenvalue weighted by molar-refractivity contribution is 6.39. The van der Waals surface area contributed by atoms with Crippen LogP contribution in [0.2, 0.25) is 0 Å². The molecule has 4 heterocycles. The highest BCUT2D eigenvalue weighted by atomic mass is 16.6. The molecule has 3 saturated heterocycles. The number of cyclic esters (lactones) is 2. The fourth-order valence-electron chi connectivity index (χ4n) is 18.3. The molecular weight excluding hydrogens is 1400 g/mol. The molecule has 1 amide bonds. The molecule has 4 aliphatic heterocycles. The molecule has 5 fully saturated rings. The Morgan fingerprint density at radius 3 is 2.13 bits per heavy atom. The first-order valence-corrected chi connectivity index (χ1v) is 39.6. The average molecular weight is 1530 g/mol. The van der Waals surface area contributed by atoms with E-state index in [0.717, 1.165) is 10.5 Å². The van der Waals surface area contributed by atoms with E-state index in [1.165, 1.54) is 28.3 Å². The number of rotatable bonds is 19. The molecule has 2 bridgehead atoms. The second-order valence-electron chi connectivity index (χ2n) is 32.4. The fourth-order valence-corrected chi connectivity index (χ4v) is 18.3. The molecule has 0 aromatic carbocycles. The van der Waals surface area contributed by atoms with Gasteiger partial charge in [0, 0.05) is 121 Å². The first kappa shape index (κ1) is 87.6. The quantitative estimate of drug-likeness (QED) is 0.0270. The van der Waals surface area contributed by atoms with E-state index in [2.05, 4.69) is 0 Å². The minimum absolute atomic E-state index is 0.0115. The second kappa shape index (κ2) is 38.5. The Kier molecular flexibility index (Phi) is 30.9. The third-order valence-electron chi connectivity index (χ3n) is 24.8. The van der Waals surface area contributed by atoms with Crippen LogP contribution >= 0.6 is 0 Å². The van der Waals surface area contributed by atoms with E-state index in [-0.39, 0.29) is 105 Å². The van der Waals surface area contributed by atoms with Crippen molar-refractivity contribution in [1.82, 2.24) is 9.80 Å². The number of carbonyl (C=O) groups excluding carboxylic acids is 10. The van der Waals surface area contributed by atoms with Crippen molar-refractivity contribution in [3.63, 3.8) is 0 Å². The highest BCUT2D eigenvalue weighted by Gasteiger charge is 2.65. The summed E-state index contributed by atoms with van der Waals surface area (Å²) in [6, 6.07) is -1.24. The first-order chi connectivity index (χ1) is 51.6. The van der Waals surface area contributed by atoms with Crippen LogP contribution in [0.5, 0.6) is 0 Å². The number of methoxy groups -OCH3 is 4. The van der Waals surface area contributed by atoms with Crippen LogP contribution in [0.3, 0.4) is 0 Å². The third-order valence-corrected chi connectivity index (χ3v) is 24.8. The summed E-state index contributed by atoms with van der Waals surface area (Å²) in [5.74, 6) is -13.2. The zero-order valence-corrected chi connectivity index (χ0v) is 67.1. The molecule has 8 rings (SSSR count). The van der Waals surface area contributed by atoms with Crippen molar-refractivity contribution in [3.8, 4) is 0 Å². The number of fused-ring (bicyclic) bond motifs is 7. The van der Waals surface area contributed by atoms with Crippen LogP contribution in [-0.4, -0.2) is 212 Å². The first-order valence-electron chi connectivity index (χ1n) is 39.6. The molecule has 3 N–H and O–H groups in total. The molecule has 606 valence electrons. The number of unbranched alkanes of at least 4 members (excludes halogenated alkanes) is 1. The zero-order chi connectivity index (χ0) is 80.1. The largest absolute Gasteiger partial charge is 0.504 e. The summed E-state index contributed by atoms with van der Waals surface area (Å²) in [6.45, 7) is 22.2. The van der Waals surface area contributed by atoms with Crippen molar-refractivity contribution < 1.29 is 111 Å². The molecule has 21 atom stereocenters. The summed E-state index contributed by atoms with van der Waals surface area (Å²) in [5, 5.41) is 35.9. The third kappa shape index (κ3) is 19.9. The number of aliphatic hydroxyl groups excluding tert-OH is 2.